The van der Waals surface area contributed by atoms with E-state index in [1.165, 1.54) is 18.3 Å². The molecule has 4 aliphatic heterocycles. The molecule has 3 atom stereocenters. The van der Waals surface area contributed by atoms with Crippen LogP contribution in [0.25, 0.3) is 16.8 Å². The summed E-state index contributed by atoms with van der Waals surface area (Å²) in [6.07, 6.45) is 7.44. The zero-order valence-electron chi connectivity index (χ0n) is 27.2. The summed E-state index contributed by atoms with van der Waals surface area (Å²) >= 11 is 0. The minimum absolute atomic E-state index is 0.0321. The Labute approximate surface area is 245 Å². The summed E-state index contributed by atoms with van der Waals surface area (Å²) in [6.45, 7) is 1.95. The van der Waals surface area contributed by atoms with Gasteiger partial charge in [0.1, 0.15) is 36.1 Å². The molecule has 2 unspecified atom stereocenters. The number of hydrogen-bond donors (Lipinski definition) is 1. The lowest BCUT2D eigenvalue weighted by Crippen LogP contribution is -2.68. The Morgan fingerprint density at radius 1 is 1.17 bits per heavy atom. The van der Waals surface area contributed by atoms with Gasteiger partial charge in [0, 0.05) is 53.1 Å². The summed E-state index contributed by atoms with van der Waals surface area (Å²) in [6, 6.07) is 10.1. The molecule has 11 heteroatoms. The topological polar surface area (TPSA) is 113 Å². The maximum absolute atomic E-state index is 9.73. The number of methoxy groups -OCH3 is 1. The minimum atomic E-state index is -2.56. The average molecular weight is 558 g/mol. The molecule has 41 heavy (non-hydrogen) atoms. The monoisotopic (exact) mass is 557 g/mol. The van der Waals surface area contributed by atoms with Crippen molar-refractivity contribution in [2.45, 2.75) is 31.1 Å². The van der Waals surface area contributed by atoms with Crippen LogP contribution in [0.5, 0.6) is 11.5 Å². The molecule has 1 N–H and O–H groups in total. The minimum Gasteiger partial charge on any atom is -0.497 e. The molecular formula is C30H32N8O3. The van der Waals surface area contributed by atoms with E-state index in [1.807, 2.05) is 11.0 Å². The number of rotatable bonds is 8. The van der Waals surface area contributed by atoms with Crippen molar-refractivity contribution in [1.29, 1.82) is 5.26 Å². The summed E-state index contributed by atoms with van der Waals surface area (Å²) in [7, 11) is -2.56. The molecule has 4 aromatic rings. The van der Waals surface area contributed by atoms with Crippen molar-refractivity contribution in [2.24, 2.45) is 0 Å². The van der Waals surface area contributed by atoms with Gasteiger partial charge in [0.25, 0.3) is 0 Å². The van der Waals surface area contributed by atoms with Gasteiger partial charge in [-0.05, 0) is 30.2 Å². The molecule has 2 bridgehead atoms. The first-order valence-corrected chi connectivity index (χ1v) is 13.6. The number of piperidine rings is 1. The van der Waals surface area contributed by atoms with Crippen LogP contribution < -0.4 is 19.7 Å². The highest BCUT2D eigenvalue weighted by Gasteiger charge is 2.44. The first-order chi connectivity index (χ1) is 22.1. The Morgan fingerprint density at radius 3 is 2.78 bits per heavy atom. The van der Waals surface area contributed by atoms with Crippen molar-refractivity contribution < 1.29 is 21.1 Å². The molecule has 4 fully saturated rings. The van der Waals surface area contributed by atoms with E-state index in [-0.39, 0.29) is 23.9 Å². The number of hydrogen-bond acceptors (Lipinski definition) is 10. The highest BCUT2D eigenvalue weighted by Crippen LogP contribution is 2.36. The highest BCUT2D eigenvalue weighted by molar-refractivity contribution is 5.83. The zero-order chi connectivity index (χ0) is 32.1. The van der Waals surface area contributed by atoms with Gasteiger partial charge in [-0.2, -0.15) is 10.4 Å². The summed E-state index contributed by atoms with van der Waals surface area (Å²) in [5.41, 5.74) is 2.71. The lowest BCUT2D eigenvalue weighted by molar-refractivity contribution is -0.00870. The fourth-order valence-electron chi connectivity index (χ4n) is 5.72. The Hall–Kier alpha value is -4.24. The predicted molar refractivity (Wildman–Crippen MR) is 152 cm³/mol. The Morgan fingerprint density at radius 2 is 2.05 bits per heavy atom. The van der Waals surface area contributed by atoms with E-state index in [2.05, 4.69) is 21.4 Å². The molecule has 0 amide bonds. The van der Waals surface area contributed by atoms with E-state index in [0.29, 0.717) is 72.3 Å². The van der Waals surface area contributed by atoms with Gasteiger partial charge in [0.15, 0.2) is 0 Å². The van der Waals surface area contributed by atoms with Crippen LogP contribution in [0.1, 0.15) is 24.4 Å². The number of pyridine rings is 1. The SMILES string of the molecule is [2H]C([2H])([2H])Oc1ccc(C([2H])([2H])N2C3CC2CN(c2cnc(-c4cc(OC[C@@H]5CNCCO5)cn5ncc(C#N)c45)cn2)C3)cc1. The second-order valence-electron chi connectivity index (χ2n) is 10.4. The maximum atomic E-state index is 9.73. The van der Waals surface area contributed by atoms with Gasteiger partial charge in [0.2, 0.25) is 0 Å². The van der Waals surface area contributed by atoms with Crippen molar-refractivity contribution in [3.05, 3.63) is 66.2 Å². The molecule has 3 aromatic heterocycles. The largest absolute Gasteiger partial charge is 0.497 e. The fraction of sp³-hybridized carbons (Fsp3) is 0.400. The van der Waals surface area contributed by atoms with Gasteiger partial charge >= 0.3 is 0 Å². The molecule has 0 saturated carbocycles. The molecule has 1 aromatic carbocycles. The number of benzene rings is 1. The van der Waals surface area contributed by atoms with E-state index in [4.69, 9.17) is 31.0 Å². The second-order valence-corrected chi connectivity index (χ2v) is 10.4. The Kier molecular flexibility index (Phi) is 5.51. The molecule has 7 heterocycles. The molecule has 210 valence electrons. The van der Waals surface area contributed by atoms with E-state index < -0.39 is 13.5 Å². The summed E-state index contributed by atoms with van der Waals surface area (Å²) in [5.74, 6) is 1.42. The smallest absolute Gasteiger partial charge is 0.147 e. The summed E-state index contributed by atoms with van der Waals surface area (Å²) < 4.78 is 58.0. The van der Waals surface area contributed by atoms with Gasteiger partial charge in [-0.15, -0.1) is 0 Å². The molecule has 0 aliphatic carbocycles. The molecule has 11 nitrogen and oxygen atoms in total. The third-order valence-electron chi connectivity index (χ3n) is 7.81. The number of nitrogens with one attached hydrogen (secondary N) is 1. The van der Waals surface area contributed by atoms with Crippen LogP contribution in [0, 0.1) is 11.3 Å². The third-order valence-corrected chi connectivity index (χ3v) is 7.81. The van der Waals surface area contributed by atoms with Gasteiger partial charge in [-0.3, -0.25) is 9.88 Å². The average Bonchev–Trinajstić information content (AvgIpc) is 3.46. The van der Waals surface area contributed by atoms with Crippen LogP contribution in [0.3, 0.4) is 0 Å². The second kappa shape index (κ2) is 11.0. The molecule has 8 rings (SSSR count). The predicted octanol–water partition coefficient (Wildman–Crippen LogP) is 2.50. The van der Waals surface area contributed by atoms with Crippen molar-refractivity contribution in [3.8, 4) is 28.8 Å². The quantitative estimate of drug-likeness (QED) is 0.347. The van der Waals surface area contributed by atoms with Gasteiger partial charge in [0.05, 0.1) is 59.3 Å². The normalized spacial score (nSPS) is 24.7. The van der Waals surface area contributed by atoms with Crippen LogP contribution in [0.4, 0.5) is 5.82 Å². The van der Waals surface area contributed by atoms with Crippen molar-refractivity contribution in [3.63, 3.8) is 0 Å². The van der Waals surface area contributed by atoms with E-state index in [1.54, 1.807) is 35.2 Å². The van der Waals surface area contributed by atoms with E-state index >= 15 is 0 Å². The van der Waals surface area contributed by atoms with Crippen LogP contribution >= 0.6 is 0 Å². The molecule has 4 aliphatic rings. The summed E-state index contributed by atoms with van der Waals surface area (Å²) in [5, 5.41) is 17.4. The van der Waals surface area contributed by atoms with Crippen molar-refractivity contribution in [2.75, 3.05) is 51.3 Å². The van der Waals surface area contributed by atoms with Crippen LogP contribution in [0.2, 0.25) is 0 Å². The summed E-state index contributed by atoms with van der Waals surface area (Å²) in [4.78, 5) is 13.4. The molecular weight excluding hydrogens is 520 g/mol. The van der Waals surface area contributed by atoms with E-state index in [0.717, 1.165) is 13.0 Å². The van der Waals surface area contributed by atoms with Gasteiger partial charge in [-0.1, -0.05) is 12.1 Å². The first-order valence-electron chi connectivity index (χ1n) is 16.1. The number of ether oxygens (including phenoxy) is 3. The van der Waals surface area contributed by atoms with Crippen LogP contribution in [0.15, 0.2) is 55.1 Å². The lowest BCUT2D eigenvalue weighted by Gasteiger charge is -2.56. The standard InChI is InChI=1S/C30H32N8O3/c1-39-24-4-2-20(3-5-24)15-37-22-8-23(37)17-36(16-22)29-14-33-28(13-34-29)27-9-25(41-19-26-12-32-6-7-40-26)18-38-30(27)21(10-31)11-35-38/h2-5,9,11,13-14,18,22-23,26,32H,6-8,12,15-17,19H2,1H3/t22?,23?,26-/m0/s1/i1D3,15D2. The molecule has 0 spiro atoms. The number of fused-ring (bicyclic) bond motifs is 3. The van der Waals surface area contributed by atoms with Crippen LogP contribution in [-0.4, -0.2) is 89.1 Å². The number of nitrogens with zero attached hydrogens (tertiary/aromatic N) is 7. The highest BCUT2D eigenvalue weighted by atomic mass is 16.5. The number of aromatic nitrogens is 4. The number of anilines is 1. The fourth-order valence-corrected chi connectivity index (χ4v) is 5.72. The maximum Gasteiger partial charge on any atom is 0.147 e. The van der Waals surface area contributed by atoms with Crippen molar-refractivity contribution in [1.82, 2.24) is 29.8 Å². The third kappa shape index (κ3) is 5.06. The van der Waals surface area contributed by atoms with Gasteiger partial charge in [-0.25, -0.2) is 9.50 Å². The number of piperazine rings is 1. The molecule has 0 radical (unpaired) electrons. The Balaban J connectivity index is 1.06. The number of morpholine rings is 1. The zero-order valence-corrected chi connectivity index (χ0v) is 22.2. The molecule has 4 saturated heterocycles. The van der Waals surface area contributed by atoms with Crippen LogP contribution in [-0.2, 0) is 11.2 Å². The number of nitriles is 1. The van der Waals surface area contributed by atoms with E-state index in [9.17, 15) is 5.26 Å². The first kappa shape index (κ1) is 20.6. The van der Waals surface area contributed by atoms with Gasteiger partial charge < -0.3 is 24.4 Å². The lowest BCUT2D eigenvalue weighted by atomic mass is 9.87. The van der Waals surface area contributed by atoms with Crippen molar-refractivity contribution >= 4 is 11.3 Å². The Bertz CT molecular complexity index is 1740.